The van der Waals surface area contributed by atoms with Crippen molar-refractivity contribution < 1.29 is 9.59 Å². The normalized spacial score (nSPS) is 17.5. The first-order valence-electron chi connectivity index (χ1n) is 11.2. The number of pyridine rings is 1. The molecular formula is C28H25N3O2. The molecule has 1 aliphatic heterocycles. The lowest BCUT2D eigenvalue weighted by molar-refractivity contribution is -0.117. The minimum atomic E-state index is -0.158. The molecule has 5 nitrogen and oxygen atoms in total. The number of para-hydroxylation sites is 3. The van der Waals surface area contributed by atoms with Crippen LogP contribution in [0.5, 0.6) is 0 Å². The van der Waals surface area contributed by atoms with E-state index in [1.807, 2.05) is 95.6 Å². The molecule has 164 valence electrons. The SMILES string of the molecule is CC(=O)N(c1ccccc1)[C@@H]1C[C@H](C)N(C(=O)c2ccnc3ccccc23)c2ccccc21. The fourth-order valence-corrected chi connectivity index (χ4v) is 4.92. The van der Waals surface area contributed by atoms with Gasteiger partial charge in [0.15, 0.2) is 0 Å². The number of hydrogen-bond acceptors (Lipinski definition) is 3. The smallest absolute Gasteiger partial charge is 0.259 e. The number of hydrogen-bond donors (Lipinski definition) is 0. The molecule has 1 aliphatic rings. The summed E-state index contributed by atoms with van der Waals surface area (Å²) in [5.41, 5.74) is 4.10. The Bertz CT molecular complexity index is 1330. The van der Waals surface area contributed by atoms with Crippen LogP contribution in [0, 0.1) is 0 Å². The van der Waals surface area contributed by atoms with Gasteiger partial charge < -0.3 is 9.80 Å². The molecule has 0 radical (unpaired) electrons. The molecule has 3 aromatic carbocycles. The standard InChI is InChI=1S/C28H25N3O2/c1-19-18-27(31(20(2)32)21-10-4-3-5-11-21)24-13-7-9-15-26(24)30(19)28(33)23-16-17-29-25-14-8-6-12-22(23)25/h3-17,19,27H,18H2,1-2H3/t19-,27+/m0/s1. The number of nitrogens with zero attached hydrogens (tertiary/aromatic N) is 3. The Balaban J connectivity index is 1.61. The number of carbonyl (C=O) groups excluding carboxylic acids is 2. The maximum Gasteiger partial charge on any atom is 0.259 e. The first-order valence-corrected chi connectivity index (χ1v) is 11.2. The summed E-state index contributed by atoms with van der Waals surface area (Å²) in [6.45, 7) is 3.65. The maximum absolute atomic E-state index is 13.9. The zero-order valence-electron chi connectivity index (χ0n) is 18.7. The number of fused-ring (bicyclic) bond motifs is 2. The van der Waals surface area contributed by atoms with Crippen LogP contribution in [0.2, 0.25) is 0 Å². The number of rotatable bonds is 3. The van der Waals surface area contributed by atoms with Gasteiger partial charge >= 0.3 is 0 Å². The average molecular weight is 436 g/mol. The summed E-state index contributed by atoms with van der Waals surface area (Å²) in [5, 5.41) is 0.839. The summed E-state index contributed by atoms with van der Waals surface area (Å²) in [6, 6.07) is 26.9. The van der Waals surface area contributed by atoms with Gasteiger partial charge in [0.25, 0.3) is 5.91 Å². The van der Waals surface area contributed by atoms with Crippen LogP contribution in [0.15, 0.2) is 91.1 Å². The third kappa shape index (κ3) is 3.65. The monoisotopic (exact) mass is 435 g/mol. The van der Waals surface area contributed by atoms with E-state index in [1.54, 1.807) is 19.2 Å². The number of benzene rings is 3. The predicted molar refractivity (Wildman–Crippen MR) is 131 cm³/mol. The summed E-state index contributed by atoms with van der Waals surface area (Å²) in [7, 11) is 0. The van der Waals surface area contributed by atoms with Gasteiger partial charge in [0.05, 0.1) is 17.1 Å². The van der Waals surface area contributed by atoms with Gasteiger partial charge in [-0.2, -0.15) is 0 Å². The van der Waals surface area contributed by atoms with Crippen molar-refractivity contribution in [1.29, 1.82) is 0 Å². The summed E-state index contributed by atoms with van der Waals surface area (Å²) in [5.74, 6) is -0.0748. The second-order valence-corrected chi connectivity index (χ2v) is 8.43. The van der Waals surface area contributed by atoms with Crippen molar-refractivity contribution in [2.75, 3.05) is 9.80 Å². The van der Waals surface area contributed by atoms with Crippen molar-refractivity contribution in [3.63, 3.8) is 0 Å². The molecule has 0 saturated carbocycles. The molecule has 1 aromatic heterocycles. The molecule has 4 aromatic rings. The molecule has 0 N–H and O–H groups in total. The quantitative estimate of drug-likeness (QED) is 0.411. The van der Waals surface area contributed by atoms with Crippen molar-refractivity contribution in [3.05, 3.63) is 102 Å². The fourth-order valence-electron chi connectivity index (χ4n) is 4.92. The molecule has 0 saturated heterocycles. The minimum Gasteiger partial charge on any atom is -0.305 e. The highest BCUT2D eigenvalue weighted by molar-refractivity contribution is 6.14. The second-order valence-electron chi connectivity index (χ2n) is 8.43. The van der Waals surface area contributed by atoms with E-state index in [2.05, 4.69) is 4.98 Å². The van der Waals surface area contributed by atoms with Crippen LogP contribution in [0.4, 0.5) is 11.4 Å². The largest absolute Gasteiger partial charge is 0.305 e. The van der Waals surface area contributed by atoms with Gasteiger partial charge in [-0.3, -0.25) is 14.6 Å². The maximum atomic E-state index is 13.9. The minimum absolute atomic E-state index is 0.0203. The number of amides is 2. The van der Waals surface area contributed by atoms with Crippen molar-refractivity contribution in [1.82, 2.24) is 4.98 Å². The van der Waals surface area contributed by atoms with E-state index in [0.29, 0.717) is 12.0 Å². The Morgan fingerprint density at radius 1 is 0.909 bits per heavy atom. The molecule has 0 bridgehead atoms. The Morgan fingerprint density at radius 2 is 1.61 bits per heavy atom. The summed E-state index contributed by atoms with van der Waals surface area (Å²) in [4.78, 5) is 34.8. The Kier molecular flexibility index (Phi) is 5.38. The van der Waals surface area contributed by atoms with Gasteiger partial charge in [-0.1, -0.05) is 54.6 Å². The van der Waals surface area contributed by atoms with Crippen molar-refractivity contribution in [2.24, 2.45) is 0 Å². The summed E-state index contributed by atoms with van der Waals surface area (Å²) in [6.07, 6.45) is 2.33. The third-order valence-electron chi connectivity index (χ3n) is 6.34. The van der Waals surface area contributed by atoms with Crippen molar-refractivity contribution >= 4 is 34.1 Å². The molecule has 5 heteroatoms. The molecule has 0 fully saturated rings. The lowest BCUT2D eigenvalue weighted by Gasteiger charge is -2.43. The fraction of sp³-hybridized carbons (Fsp3) is 0.179. The van der Waals surface area contributed by atoms with E-state index in [1.165, 1.54) is 0 Å². The highest BCUT2D eigenvalue weighted by Gasteiger charge is 2.38. The van der Waals surface area contributed by atoms with Gasteiger partial charge in [0.1, 0.15) is 0 Å². The van der Waals surface area contributed by atoms with E-state index in [0.717, 1.165) is 27.8 Å². The predicted octanol–water partition coefficient (Wildman–Crippen LogP) is 5.77. The van der Waals surface area contributed by atoms with Crippen molar-refractivity contribution in [3.8, 4) is 0 Å². The molecule has 0 unspecified atom stereocenters. The van der Waals surface area contributed by atoms with Crippen LogP contribution in [-0.2, 0) is 4.79 Å². The molecule has 5 rings (SSSR count). The van der Waals surface area contributed by atoms with Crippen LogP contribution in [0.1, 0.15) is 42.2 Å². The molecule has 2 atom stereocenters. The summed E-state index contributed by atoms with van der Waals surface area (Å²) >= 11 is 0. The van der Waals surface area contributed by atoms with Gasteiger partial charge in [-0.05, 0) is 49.2 Å². The molecule has 2 amide bonds. The van der Waals surface area contributed by atoms with E-state index < -0.39 is 0 Å². The highest BCUT2D eigenvalue weighted by Crippen LogP contribution is 2.43. The molecule has 33 heavy (non-hydrogen) atoms. The lowest BCUT2D eigenvalue weighted by Crippen LogP contribution is -2.47. The number of aromatic nitrogens is 1. The molecular weight excluding hydrogens is 410 g/mol. The lowest BCUT2D eigenvalue weighted by atomic mass is 9.89. The van der Waals surface area contributed by atoms with E-state index in [-0.39, 0.29) is 23.9 Å². The topological polar surface area (TPSA) is 53.5 Å². The Morgan fingerprint density at radius 3 is 2.39 bits per heavy atom. The van der Waals surface area contributed by atoms with Crippen LogP contribution in [-0.4, -0.2) is 22.8 Å². The van der Waals surface area contributed by atoms with Crippen LogP contribution >= 0.6 is 0 Å². The highest BCUT2D eigenvalue weighted by atomic mass is 16.2. The van der Waals surface area contributed by atoms with Gasteiger partial charge in [-0.15, -0.1) is 0 Å². The average Bonchev–Trinajstić information content (AvgIpc) is 2.84. The molecule has 2 heterocycles. The first kappa shape index (κ1) is 20.9. The zero-order valence-corrected chi connectivity index (χ0v) is 18.7. The zero-order chi connectivity index (χ0) is 22.9. The molecule has 0 aliphatic carbocycles. The van der Waals surface area contributed by atoms with Crippen molar-refractivity contribution in [2.45, 2.75) is 32.4 Å². The summed E-state index contributed by atoms with van der Waals surface area (Å²) < 4.78 is 0. The first-order chi connectivity index (χ1) is 16.1. The van der Waals surface area contributed by atoms with E-state index in [9.17, 15) is 9.59 Å². The molecule has 0 spiro atoms. The van der Waals surface area contributed by atoms with Crippen LogP contribution < -0.4 is 9.80 Å². The number of anilines is 2. The van der Waals surface area contributed by atoms with E-state index >= 15 is 0 Å². The number of carbonyl (C=O) groups is 2. The van der Waals surface area contributed by atoms with Crippen LogP contribution in [0.3, 0.4) is 0 Å². The van der Waals surface area contributed by atoms with Gasteiger partial charge in [0, 0.05) is 35.9 Å². The van der Waals surface area contributed by atoms with Gasteiger partial charge in [0.2, 0.25) is 5.91 Å². The Labute approximate surface area is 193 Å². The van der Waals surface area contributed by atoms with Gasteiger partial charge in [-0.25, -0.2) is 0 Å². The van der Waals surface area contributed by atoms with E-state index in [4.69, 9.17) is 0 Å². The second kappa shape index (κ2) is 8.51. The van der Waals surface area contributed by atoms with Crippen LogP contribution in [0.25, 0.3) is 10.9 Å². The Hall–Kier alpha value is -3.99. The third-order valence-corrected chi connectivity index (χ3v) is 6.34.